The zero-order valence-corrected chi connectivity index (χ0v) is 15.8. The summed E-state index contributed by atoms with van der Waals surface area (Å²) in [6.45, 7) is 0.496. The van der Waals surface area contributed by atoms with Gasteiger partial charge in [-0.1, -0.05) is 19.3 Å². The lowest BCUT2D eigenvalue weighted by Crippen LogP contribution is -2.54. The van der Waals surface area contributed by atoms with Crippen molar-refractivity contribution >= 4 is 34.5 Å². The summed E-state index contributed by atoms with van der Waals surface area (Å²) in [6, 6.07) is 8.48. The van der Waals surface area contributed by atoms with Gasteiger partial charge in [0.25, 0.3) is 0 Å². The number of fused-ring (bicyclic) bond motifs is 4. The molecule has 0 radical (unpaired) electrons. The molecule has 0 unspecified atom stereocenters. The van der Waals surface area contributed by atoms with Gasteiger partial charge in [-0.05, 0) is 43.2 Å². The number of carboxylic acids is 1. The van der Waals surface area contributed by atoms with Crippen LogP contribution < -0.4 is 10.6 Å². The van der Waals surface area contributed by atoms with Gasteiger partial charge in [0.1, 0.15) is 11.2 Å². The van der Waals surface area contributed by atoms with Gasteiger partial charge in [-0.3, -0.25) is 4.79 Å². The number of aromatic carboxylic acids is 1. The molecule has 148 valence electrons. The van der Waals surface area contributed by atoms with Crippen LogP contribution in [0.1, 0.15) is 48.2 Å². The number of rotatable bonds is 3. The minimum Gasteiger partial charge on any atom is -0.478 e. The fourth-order valence-corrected chi connectivity index (χ4v) is 4.56. The van der Waals surface area contributed by atoms with Crippen LogP contribution in [0.25, 0.3) is 11.0 Å². The van der Waals surface area contributed by atoms with Crippen LogP contribution in [0.2, 0.25) is 0 Å². The van der Waals surface area contributed by atoms with Crippen molar-refractivity contribution in [3.63, 3.8) is 0 Å². The van der Waals surface area contributed by atoms with Gasteiger partial charge in [-0.2, -0.15) is 4.98 Å². The van der Waals surface area contributed by atoms with Gasteiger partial charge < -0.3 is 20.3 Å². The number of benzene rings is 1. The Morgan fingerprint density at radius 1 is 1.17 bits per heavy atom. The molecule has 29 heavy (non-hydrogen) atoms. The third-order valence-corrected chi connectivity index (χ3v) is 5.97. The highest BCUT2D eigenvalue weighted by atomic mass is 16.4. The van der Waals surface area contributed by atoms with Crippen molar-refractivity contribution in [1.82, 2.24) is 19.9 Å². The predicted molar refractivity (Wildman–Crippen MR) is 107 cm³/mol. The lowest BCUT2D eigenvalue weighted by atomic mass is 9.79. The van der Waals surface area contributed by atoms with Gasteiger partial charge in [-0.25, -0.2) is 9.78 Å². The van der Waals surface area contributed by atoms with Crippen molar-refractivity contribution in [2.24, 2.45) is 0 Å². The quantitative estimate of drug-likeness (QED) is 0.633. The zero-order valence-electron chi connectivity index (χ0n) is 15.8. The molecule has 1 aromatic carbocycles. The number of nitrogens with one attached hydrogen (secondary N) is 2. The summed E-state index contributed by atoms with van der Waals surface area (Å²) in [5.41, 5.74) is 2.17. The van der Waals surface area contributed by atoms with E-state index in [1.807, 2.05) is 0 Å². The van der Waals surface area contributed by atoms with Crippen molar-refractivity contribution in [2.75, 3.05) is 5.32 Å². The maximum Gasteiger partial charge on any atom is 0.335 e. The van der Waals surface area contributed by atoms with Crippen molar-refractivity contribution in [3.8, 4) is 0 Å². The Morgan fingerprint density at radius 3 is 2.66 bits per heavy atom. The lowest BCUT2D eigenvalue weighted by Gasteiger charge is -2.41. The highest BCUT2D eigenvalue weighted by Crippen LogP contribution is 2.41. The van der Waals surface area contributed by atoms with Gasteiger partial charge in [-0.15, -0.1) is 0 Å². The molecule has 0 atom stereocenters. The summed E-state index contributed by atoms with van der Waals surface area (Å²) in [6.07, 6.45) is 6.61. The van der Waals surface area contributed by atoms with E-state index >= 15 is 0 Å². The molecule has 1 spiro atoms. The predicted octanol–water partition coefficient (Wildman–Crippen LogP) is 3.16. The van der Waals surface area contributed by atoms with Gasteiger partial charge in [0.05, 0.1) is 12.1 Å². The Kier molecular flexibility index (Phi) is 4.01. The number of amides is 1. The molecule has 8 nitrogen and oxygen atoms in total. The molecule has 1 aliphatic heterocycles. The SMILES string of the molecule is O=C(O)c1ccc(Nc2ncc3cc4n(c3n2)C2(CCCCC2)C(=O)NC4)cc1. The summed E-state index contributed by atoms with van der Waals surface area (Å²) >= 11 is 0. The highest BCUT2D eigenvalue weighted by Gasteiger charge is 2.45. The number of nitrogens with zero attached hydrogens (tertiary/aromatic N) is 3. The second-order valence-corrected chi connectivity index (χ2v) is 7.73. The minimum absolute atomic E-state index is 0.0829. The summed E-state index contributed by atoms with van der Waals surface area (Å²) in [4.78, 5) is 33.0. The topological polar surface area (TPSA) is 109 Å². The van der Waals surface area contributed by atoms with Crippen molar-refractivity contribution in [3.05, 3.63) is 47.8 Å². The molecule has 1 fully saturated rings. The molecule has 1 amide bonds. The van der Waals surface area contributed by atoms with Gasteiger partial charge in [0, 0.05) is 23.0 Å². The van der Waals surface area contributed by atoms with E-state index in [1.165, 1.54) is 12.1 Å². The summed E-state index contributed by atoms with van der Waals surface area (Å²) in [5, 5.41) is 16.1. The third kappa shape index (κ3) is 2.83. The molecule has 1 aliphatic carbocycles. The second-order valence-electron chi connectivity index (χ2n) is 7.73. The summed E-state index contributed by atoms with van der Waals surface area (Å²) in [7, 11) is 0. The average molecular weight is 391 g/mol. The van der Waals surface area contributed by atoms with Crippen molar-refractivity contribution in [1.29, 1.82) is 0 Å². The van der Waals surface area contributed by atoms with E-state index in [2.05, 4.69) is 26.3 Å². The maximum atomic E-state index is 12.9. The van der Waals surface area contributed by atoms with Crippen molar-refractivity contribution < 1.29 is 14.7 Å². The Hall–Kier alpha value is -3.42. The number of anilines is 2. The van der Waals surface area contributed by atoms with Crippen LogP contribution in [0, 0.1) is 0 Å². The number of carbonyl (C=O) groups is 2. The summed E-state index contributed by atoms with van der Waals surface area (Å²) < 4.78 is 2.13. The number of carboxylic acid groups (broad SMARTS) is 1. The first kappa shape index (κ1) is 17.7. The first-order valence-corrected chi connectivity index (χ1v) is 9.83. The molecule has 0 bridgehead atoms. The Labute approximate surface area is 167 Å². The van der Waals surface area contributed by atoms with E-state index in [0.29, 0.717) is 18.2 Å². The molecule has 3 aromatic rings. The van der Waals surface area contributed by atoms with Crippen LogP contribution >= 0.6 is 0 Å². The van der Waals surface area contributed by atoms with E-state index in [0.717, 1.165) is 48.8 Å². The van der Waals surface area contributed by atoms with Gasteiger partial charge in [0.15, 0.2) is 0 Å². The normalized spacial score (nSPS) is 17.7. The standard InChI is InChI=1S/C21H21N5O3/c27-18(28)13-4-6-15(7-5-13)24-20-23-11-14-10-16-12-22-19(29)21(8-2-1-3-9-21)26(16)17(14)25-20/h4-7,10-11H,1-3,8-9,12H2,(H,22,29)(H,27,28)(H,23,24,25). The molecule has 2 aliphatic rings. The smallest absolute Gasteiger partial charge is 0.335 e. The van der Waals surface area contributed by atoms with E-state index in [1.54, 1.807) is 18.3 Å². The molecule has 3 heterocycles. The third-order valence-electron chi connectivity index (χ3n) is 5.97. The first-order valence-electron chi connectivity index (χ1n) is 9.83. The molecule has 2 aromatic heterocycles. The average Bonchev–Trinajstić information content (AvgIpc) is 3.11. The zero-order chi connectivity index (χ0) is 20.0. The maximum absolute atomic E-state index is 12.9. The van der Waals surface area contributed by atoms with Crippen LogP contribution in [0.4, 0.5) is 11.6 Å². The molecule has 5 rings (SSSR count). The molecule has 3 N–H and O–H groups in total. The molecular weight excluding hydrogens is 370 g/mol. The van der Waals surface area contributed by atoms with Gasteiger partial charge >= 0.3 is 5.97 Å². The molecule has 8 heteroatoms. The first-order chi connectivity index (χ1) is 14.1. The van der Waals surface area contributed by atoms with E-state index < -0.39 is 11.5 Å². The lowest BCUT2D eigenvalue weighted by molar-refractivity contribution is -0.133. The minimum atomic E-state index is -0.968. The van der Waals surface area contributed by atoms with E-state index in [9.17, 15) is 9.59 Å². The van der Waals surface area contributed by atoms with Crippen LogP contribution in [0.3, 0.4) is 0 Å². The highest BCUT2D eigenvalue weighted by molar-refractivity contribution is 5.90. The van der Waals surface area contributed by atoms with Crippen LogP contribution in [0.5, 0.6) is 0 Å². The molecular formula is C21H21N5O3. The van der Waals surface area contributed by atoms with E-state index in [-0.39, 0.29) is 11.5 Å². The second kappa shape index (κ2) is 6.58. The largest absolute Gasteiger partial charge is 0.478 e. The molecule has 1 saturated carbocycles. The number of hydrogen-bond donors (Lipinski definition) is 3. The fourth-order valence-electron chi connectivity index (χ4n) is 4.56. The van der Waals surface area contributed by atoms with Crippen LogP contribution in [-0.4, -0.2) is 31.5 Å². The Balaban J connectivity index is 1.55. The van der Waals surface area contributed by atoms with E-state index in [4.69, 9.17) is 10.1 Å². The number of hydrogen-bond acceptors (Lipinski definition) is 5. The Morgan fingerprint density at radius 2 is 1.93 bits per heavy atom. The van der Waals surface area contributed by atoms with Crippen molar-refractivity contribution in [2.45, 2.75) is 44.2 Å². The number of aromatic nitrogens is 3. The Bertz CT molecular complexity index is 1110. The summed E-state index contributed by atoms with van der Waals surface area (Å²) in [5.74, 6) is -0.469. The van der Waals surface area contributed by atoms with Crippen LogP contribution in [-0.2, 0) is 16.9 Å². The molecule has 0 saturated heterocycles. The fraction of sp³-hybridized carbons (Fsp3) is 0.333. The monoisotopic (exact) mass is 391 g/mol. The van der Waals surface area contributed by atoms with Crippen LogP contribution in [0.15, 0.2) is 36.5 Å². The van der Waals surface area contributed by atoms with Gasteiger partial charge in [0.2, 0.25) is 11.9 Å². The number of carbonyl (C=O) groups excluding carboxylic acids is 1.